The minimum absolute atomic E-state index is 0.122. The number of amides is 1. The molecule has 0 aliphatic carbocycles. The van der Waals surface area contributed by atoms with Crippen molar-refractivity contribution in [2.45, 2.75) is 16.8 Å². The first-order chi connectivity index (χ1) is 16.4. The van der Waals surface area contributed by atoms with Gasteiger partial charge in [-0.1, -0.05) is 36.4 Å². The standard InChI is InChI=1S/C25H23N3O5S/c1-18-8-5-6-11-20(18)22-26-23(34(30,31)19-9-3-2-4-10-19)25(33-22)28-15-13-27(14-16-28)24(29)21-12-7-17-32-21/h2-12,17H,13-16H2,1H3. The Morgan fingerprint density at radius 3 is 2.29 bits per heavy atom. The van der Waals surface area contributed by atoms with Gasteiger partial charge in [-0.15, -0.1) is 0 Å². The van der Waals surface area contributed by atoms with E-state index in [1.165, 1.54) is 6.26 Å². The van der Waals surface area contributed by atoms with Crippen LogP contribution in [0.2, 0.25) is 0 Å². The van der Waals surface area contributed by atoms with Gasteiger partial charge in [0.05, 0.1) is 11.2 Å². The van der Waals surface area contributed by atoms with Gasteiger partial charge in [0.25, 0.3) is 5.91 Å². The summed E-state index contributed by atoms with van der Waals surface area (Å²) in [5.74, 6) is 0.520. The molecule has 4 aromatic rings. The molecule has 9 heteroatoms. The van der Waals surface area contributed by atoms with Gasteiger partial charge >= 0.3 is 0 Å². The van der Waals surface area contributed by atoms with Crippen LogP contribution in [-0.2, 0) is 9.84 Å². The minimum Gasteiger partial charge on any atom is -0.459 e. The normalized spacial score (nSPS) is 14.4. The quantitative estimate of drug-likeness (QED) is 0.428. The van der Waals surface area contributed by atoms with E-state index in [1.807, 2.05) is 36.1 Å². The summed E-state index contributed by atoms with van der Waals surface area (Å²) in [6, 6.07) is 19.0. The molecule has 0 saturated carbocycles. The maximum Gasteiger partial charge on any atom is 0.289 e. The van der Waals surface area contributed by atoms with E-state index in [2.05, 4.69) is 4.98 Å². The molecule has 1 fully saturated rings. The van der Waals surface area contributed by atoms with Gasteiger partial charge in [0.2, 0.25) is 26.6 Å². The van der Waals surface area contributed by atoms with Crippen LogP contribution in [0.25, 0.3) is 11.5 Å². The van der Waals surface area contributed by atoms with Gasteiger partial charge in [0.15, 0.2) is 5.76 Å². The number of anilines is 1. The van der Waals surface area contributed by atoms with Crippen LogP contribution in [0, 0.1) is 6.92 Å². The molecule has 5 rings (SSSR count). The second-order valence-electron chi connectivity index (χ2n) is 8.02. The number of piperazine rings is 1. The Labute approximate surface area is 197 Å². The van der Waals surface area contributed by atoms with E-state index in [-0.39, 0.29) is 33.4 Å². The second-order valence-corrected chi connectivity index (χ2v) is 9.88. The Morgan fingerprint density at radius 2 is 1.62 bits per heavy atom. The zero-order chi connectivity index (χ0) is 23.7. The van der Waals surface area contributed by atoms with Crippen molar-refractivity contribution in [1.29, 1.82) is 0 Å². The average molecular weight is 478 g/mol. The fourth-order valence-corrected chi connectivity index (χ4v) is 5.32. The van der Waals surface area contributed by atoms with Gasteiger partial charge in [0, 0.05) is 31.7 Å². The molecule has 0 N–H and O–H groups in total. The van der Waals surface area contributed by atoms with Crippen molar-refractivity contribution in [2.24, 2.45) is 0 Å². The lowest BCUT2D eigenvalue weighted by atomic mass is 10.1. The molecule has 0 radical (unpaired) electrons. The lowest BCUT2D eigenvalue weighted by molar-refractivity contribution is 0.0713. The van der Waals surface area contributed by atoms with E-state index in [9.17, 15) is 13.2 Å². The summed E-state index contributed by atoms with van der Waals surface area (Å²) in [7, 11) is -3.93. The van der Waals surface area contributed by atoms with Crippen molar-refractivity contribution in [3.8, 4) is 11.5 Å². The number of oxazole rings is 1. The van der Waals surface area contributed by atoms with Crippen LogP contribution in [0.5, 0.6) is 0 Å². The number of carbonyl (C=O) groups is 1. The summed E-state index contributed by atoms with van der Waals surface area (Å²) < 4.78 is 38.4. The summed E-state index contributed by atoms with van der Waals surface area (Å²) >= 11 is 0. The number of furan rings is 1. The van der Waals surface area contributed by atoms with Gasteiger partial charge in [-0.3, -0.25) is 4.79 Å². The van der Waals surface area contributed by atoms with Crippen molar-refractivity contribution in [1.82, 2.24) is 9.88 Å². The third-order valence-corrected chi connectivity index (χ3v) is 7.52. The average Bonchev–Trinajstić information content (AvgIpc) is 3.56. The second kappa shape index (κ2) is 8.83. The Kier molecular flexibility index (Phi) is 5.70. The van der Waals surface area contributed by atoms with Gasteiger partial charge in [-0.25, -0.2) is 8.42 Å². The van der Waals surface area contributed by atoms with Gasteiger partial charge in [-0.2, -0.15) is 4.98 Å². The first-order valence-electron chi connectivity index (χ1n) is 10.9. The van der Waals surface area contributed by atoms with Crippen molar-refractivity contribution < 1.29 is 22.0 Å². The summed E-state index contributed by atoms with van der Waals surface area (Å²) in [5.41, 5.74) is 1.65. The first-order valence-corrected chi connectivity index (χ1v) is 12.4. The number of nitrogens with zero attached hydrogens (tertiary/aromatic N) is 3. The number of benzene rings is 2. The molecule has 0 bridgehead atoms. The molecule has 3 heterocycles. The monoisotopic (exact) mass is 477 g/mol. The van der Waals surface area contributed by atoms with E-state index in [4.69, 9.17) is 8.83 Å². The van der Waals surface area contributed by atoms with Gasteiger partial charge < -0.3 is 18.6 Å². The molecular weight excluding hydrogens is 454 g/mol. The highest BCUT2D eigenvalue weighted by Crippen LogP contribution is 2.36. The Balaban J connectivity index is 1.50. The van der Waals surface area contributed by atoms with E-state index >= 15 is 0 Å². The molecule has 8 nitrogen and oxygen atoms in total. The zero-order valence-electron chi connectivity index (χ0n) is 18.5. The molecule has 0 atom stereocenters. The molecule has 34 heavy (non-hydrogen) atoms. The Bertz CT molecular complexity index is 1400. The molecule has 1 saturated heterocycles. The van der Waals surface area contributed by atoms with Gasteiger partial charge in [0.1, 0.15) is 0 Å². The van der Waals surface area contributed by atoms with Crippen LogP contribution in [-0.4, -0.2) is 50.4 Å². The predicted octanol–water partition coefficient (Wildman–Crippen LogP) is 4.04. The molecular formula is C25H23N3O5S. The lowest BCUT2D eigenvalue weighted by Gasteiger charge is -2.34. The van der Waals surface area contributed by atoms with Gasteiger partial charge in [-0.05, 0) is 42.8 Å². The largest absolute Gasteiger partial charge is 0.459 e. The highest BCUT2D eigenvalue weighted by Gasteiger charge is 2.34. The minimum atomic E-state index is -3.93. The van der Waals surface area contributed by atoms with Crippen molar-refractivity contribution >= 4 is 21.6 Å². The number of hydrogen-bond donors (Lipinski definition) is 0. The Hall–Kier alpha value is -3.85. The molecule has 0 spiro atoms. The number of aromatic nitrogens is 1. The summed E-state index contributed by atoms with van der Waals surface area (Å²) in [4.78, 5) is 20.7. The number of carbonyl (C=O) groups excluding carboxylic acids is 1. The zero-order valence-corrected chi connectivity index (χ0v) is 19.4. The first kappa shape index (κ1) is 22.0. The molecule has 2 aromatic heterocycles. The highest BCUT2D eigenvalue weighted by atomic mass is 32.2. The molecule has 0 unspecified atom stereocenters. The van der Waals surface area contributed by atoms with E-state index < -0.39 is 9.84 Å². The van der Waals surface area contributed by atoms with Crippen LogP contribution in [0.3, 0.4) is 0 Å². The molecule has 174 valence electrons. The van der Waals surface area contributed by atoms with Crippen LogP contribution in [0.1, 0.15) is 16.1 Å². The highest BCUT2D eigenvalue weighted by molar-refractivity contribution is 7.91. The number of hydrogen-bond acceptors (Lipinski definition) is 7. The van der Waals surface area contributed by atoms with E-state index in [1.54, 1.807) is 47.4 Å². The van der Waals surface area contributed by atoms with Crippen molar-refractivity contribution in [3.63, 3.8) is 0 Å². The third kappa shape index (κ3) is 3.99. The summed E-state index contributed by atoms with van der Waals surface area (Å²) in [6.07, 6.45) is 1.46. The molecule has 1 aliphatic heterocycles. The number of aryl methyl sites for hydroxylation is 1. The molecule has 1 amide bonds. The number of rotatable bonds is 5. The van der Waals surface area contributed by atoms with Crippen LogP contribution >= 0.6 is 0 Å². The molecule has 2 aromatic carbocycles. The van der Waals surface area contributed by atoms with E-state index in [0.29, 0.717) is 26.2 Å². The predicted molar refractivity (Wildman–Crippen MR) is 125 cm³/mol. The molecule has 1 aliphatic rings. The number of sulfone groups is 1. The fraction of sp³-hybridized carbons (Fsp3) is 0.200. The summed E-state index contributed by atoms with van der Waals surface area (Å²) in [5, 5.41) is -0.122. The SMILES string of the molecule is Cc1ccccc1-c1nc(S(=O)(=O)c2ccccc2)c(N2CCN(C(=O)c3ccco3)CC2)o1. The van der Waals surface area contributed by atoms with Crippen LogP contribution in [0.15, 0.2) is 91.7 Å². The summed E-state index contributed by atoms with van der Waals surface area (Å²) in [6.45, 7) is 3.50. The maximum atomic E-state index is 13.5. The van der Waals surface area contributed by atoms with E-state index in [0.717, 1.165) is 11.1 Å². The van der Waals surface area contributed by atoms with Crippen LogP contribution in [0.4, 0.5) is 5.88 Å². The fourth-order valence-electron chi connectivity index (χ4n) is 3.98. The Morgan fingerprint density at radius 1 is 0.912 bits per heavy atom. The topological polar surface area (TPSA) is 96.9 Å². The van der Waals surface area contributed by atoms with Crippen molar-refractivity contribution in [2.75, 3.05) is 31.1 Å². The van der Waals surface area contributed by atoms with Crippen molar-refractivity contribution in [3.05, 3.63) is 84.3 Å². The maximum absolute atomic E-state index is 13.5. The van der Waals surface area contributed by atoms with Crippen LogP contribution < -0.4 is 4.90 Å². The lowest BCUT2D eigenvalue weighted by Crippen LogP contribution is -2.49. The third-order valence-electron chi connectivity index (χ3n) is 5.85. The smallest absolute Gasteiger partial charge is 0.289 e.